The lowest BCUT2D eigenvalue weighted by Crippen LogP contribution is -2.41. The summed E-state index contributed by atoms with van der Waals surface area (Å²) in [6.45, 7) is 6.59. The third-order valence-corrected chi connectivity index (χ3v) is 13.5. The highest BCUT2D eigenvalue weighted by Crippen LogP contribution is 2.40. The van der Waals surface area contributed by atoms with Crippen molar-refractivity contribution in [2.45, 2.75) is 63.1 Å². The van der Waals surface area contributed by atoms with Gasteiger partial charge in [0.1, 0.15) is 24.7 Å². The molecule has 8 rings (SSSR count). The third kappa shape index (κ3) is 12.2. The van der Waals surface area contributed by atoms with E-state index in [9.17, 15) is 28.8 Å². The van der Waals surface area contributed by atoms with E-state index in [1.165, 1.54) is 6.33 Å². The minimum atomic E-state index is -1.46. The molecule has 16 nitrogen and oxygen atoms in total. The molecule has 2 aromatic heterocycles. The van der Waals surface area contributed by atoms with Gasteiger partial charge in [0.15, 0.2) is 24.3 Å². The summed E-state index contributed by atoms with van der Waals surface area (Å²) in [5.74, 6) is -3.64. The van der Waals surface area contributed by atoms with E-state index >= 15 is 0 Å². The predicted octanol–water partition coefficient (Wildman–Crippen LogP) is 9.12. The Balaban J connectivity index is 1.24. The van der Waals surface area contributed by atoms with Crippen molar-refractivity contribution < 1.29 is 52.5 Å². The Hall–Kier alpha value is -8.28. The van der Waals surface area contributed by atoms with Crippen LogP contribution in [0.15, 0.2) is 164 Å². The zero-order valence-electron chi connectivity index (χ0n) is 39.9. The average molecular weight is 988 g/mol. The van der Waals surface area contributed by atoms with Gasteiger partial charge in [0.2, 0.25) is 0 Å². The zero-order valence-corrected chi connectivity index (χ0v) is 40.9. The lowest BCUT2D eigenvalue weighted by molar-refractivity contribution is -0.0604. The Bertz CT molecular complexity index is 2960. The van der Waals surface area contributed by atoms with Crippen molar-refractivity contribution in [2.24, 2.45) is 0 Å². The Labute approximate surface area is 416 Å². The number of alkyl carbamates (subject to hydrolysis) is 1. The van der Waals surface area contributed by atoms with Gasteiger partial charge in [-0.15, -0.1) is 0 Å². The molecule has 1 aliphatic rings. The molecule has 3 amide bonds. The van der Waals surface area contributed by atoms with Crippen LogP contribution in [-0.4, -0.2) is 96.5 Å². The maximum atomic E-state index is 14.7. The van der Waals surface area contributed by atoms with Gasteiger partial charge < -0.3 is 33.6 Å². The molecule has 1 fully saturated rings. The lowest BCUT2D eigenvalue weighted by Gasteiger charge is -2.25. The number of aryl methyl sites for hydroxylation is 1. The molecule has 1 N–H and O–H groups in total. The first-order chi connectivity index (χ1) is 34.9. The minimum Gasteiger partial charge on any atom is -0.459 e. The van der Waals surface area contributed by atoms with E-state index in [1.807, 2.05) is 0 Å². The van der Waals surface area contributed by atoms with Crippen molar-refractivity contribution in [2.75, 3.05) is 24.7 Å². The Morgan fingerprint density at radius 1 is 0.625 bits per heavy atom. The van der Waals surface area contributed by atoms with Crippen LogP contribution in [0, 0.1) is 0 Å². The molecule has 72 heavy (non-hydrogen) atoms. The highest BCUT2D eigenvalue weighted by molar-refractivity contribution is 6.76. The Kier molecular flexibility index (Phi) is 16.1. The van der Waals surface area contributed by atoms with Crippen molar-refractivity contribution in [1.29, 1.82) is 0 Å². The molecule has 17 heteroatoms. The van der Waals surface area contributed by atoms with Crippen LogP contribution in [0.25, 0.3) is 11.0 Å². The molecule has 0 saturated carbocycles. The van der Waals surface area contributed by atoms with Crippen LogP contribution in [0.1, 0.15) is 70.0 Å². The number of hydrogen-bond acceptors (Lipinski definition) is 13. The number of esters is 3. The van der Waals surface area contributed by atoms with E-state index in [0.29, 0.717) is 18.6 Å². The van der Waals surface area contributed by atoms with Crippen LogP contribution in [0.5, 0.6) is 0 Å². The van der Waals surface area contributed by atoms with Gasteiger partial charge in [-0.1, -0.05) is 111 Å². The fourth-order valence-electron chi connectivity index (χ4n) is 8.05. The average Bonchev–Trinajstić information content (AvgIpc) is 3.94. The van der Waals surface area contributed by atoms with Crippen molar-refractivity contribution >= 4 is 60.7 Å². The second kappa shape index (κ2) is 23.1. The summed E-state index contributed by atoms with van der Waals surface area (Å²) in [6, 6.07) is 42.1. The van der Waals surface area contributed by atoms with Crippen LogP contribution < -0.4 is 10.2 Å². The van der Waals surface area contributed by atoms with Gasteiger partial charge in [-0.25, -0.2) is 34.0 Å². The number of benzene rings is 5. The highest BCUT2D eigenvalue weighted by atomic mass is 28.3. The highest BCUT2D eigenvalue weighted by Gasteiger charge is 2.52. The van der Waals surface area contributed by atoms with Gasteiger partial charge in [-0.05, 0) is 85.1 Å². The number of amides is 3. The third-order valence-electron chi connectivity index (χ3n) is 11.8. The van der Waals surface area contributed by atoms with Crippen LogP contribution in [0.3, 0.4) is 0 Å². The summed E-state index contributed by atoms with van der Waals surface area (Å²) >= 11 is 0. The second-order valence-electron chi connectivity index (χ2n) is 18.1. The van der Waals surface area contributed by atoms with Crippen molar-refractivity contribution in [1.82, 2.24) is 19.9 Å². The van der Waals surface area contributed by atoms with Gasteiger partial charge in [0, 0.05) is 31.9 Å². The molecular weight excluding hydrogens is 935 g/mol. The SMILES string of the molecule is C[Si](C)(C)CCOC(=O)NCCCc1cn([C@@H]2O[C@H](COC(=O)c3ccccc3)[C@@H](OC(=O)c3ccccc3)[C@H]2OC(=O)c2ccccc2)c2ncnc(N(C(=O)c3ccccc3)C(=O)c3ccccc3)c12. The number of nitrogens with one attached hydrogen (secondary N) is 1. The topological polar surface area (TPSA) is 195 Å². The summed E-state index contributed by atoms with van der Waals surface area (Å²) in [7, 11) is -1.46. The number of rotatable bonds is 18. The molecule has 7 aromatic rings. The first-order valence-electron chi connectivity index (χ1n) is 23.5. The number of aromatic nitrogens is 3. The fourth-order valence-corrected chi connectivity index (χ4v) is 8.77. The monoisotopic (exact) mass is 987 g/mol. The number of ether oxygens (including phenoxy) is 5. The fraction of sp³-hybridized carbons (Fsp3) is 0.236. The summed E-state index contributed by atoms with van der Waals surface area (Å²) < 4.78 is 32.1. The van der Waals surface area contributed by atoms with Crippen molar-refractivity contribution in [3.8, 4) is 0 Å². The lowest BCUT2D eigenvalue weighted by atomic mass is 10.1. The Morgan fingerprint density at radius 3 is 1.62 bits per heavy atom. The quantitative estimate of drug-likeness (QED) is 0.0281. The predicted molar refractivity (Wildman–Crippen MR) is 269 cm³/mol. The van der Waals surface area contributed by atoms with Crippen LogP contribution >= 0.6 is 0 Å². The standard InChI is InChI=1S/C55H53N5O11Si/c1-72(2,3)33-32-67-55(66)56-31-19-30-42-34-59(47-44(42)48(58-36-57-47)60(49(61)37-20-9-4-10-21-37)50(62)38-22-11-5-12-23-38)51-46(71-54(65)41-28-17-8-18-29-41)45(70-53(64)40-26-15-7-16-27-40)43(69-51)35-68-52(63)39-24-13-6-14-25-39/h4-18,20-29,34,36,43,45-46,51H,19,30-33,35H2,1-3H3,(H,56,66)/t43-,45-,46-,51-/m1/s1. The number of nitrogens with zero attached hydrogens (tertiary/aromatic N) is 4. The van der Waals surface area contributed by atoms with Gasteiger partial charge in [-0.2, -0.15) is 0 Å². The van der Waals surface area contributed by atoms with E-state index in [-0.39, 0.29) is 57.6 Å². The van der Waals surface area contributed by atoms with Crippen molar-refractivity contribution in [3.63, 3.8) is 0 Å². The zero-order chi connectivity index (χ0) is 50.6. The molecule has 4 atom stereocenters. The van der Waals surface area contributed by atoms with Gasteiger partial charge in [0.05, 0.1) is 28.7 Å². The smallest absolute Gasteiger partial charge is 0.407 e. The molecule has 0 radical (unpaired) electrons. The molecule has 0 spiro atoms. The van der Waals surface area contributed by atoms with E-state index in [0.717, 1.165) is 10.9 Å². The largest absolute Gasteiger partial charge is 0.459 e. The molecule has 368 valence electrons. The summed E-state index contributed by atoms with van der Waals surface area (Å²) in [5, 5.41) is 3.08. The molecule has 3 heterocycles. The summed E-state index contributed by atoms with van der Waals surface area (Å²) in [4.78, 5) is 94.1. The molecule has 5 aromatic carbocycles. The number of anilines is 1. The summed E-state index contributed by atoms with van der Waals surface area (Å²) in [6.07, 6.45) is -2.56. The van der Waals surface area contributed by atoms with E-state index in [1.54, 1.807) is 162 Å². The molecule has 0 aliphatic carbocycles. The first kappa shape index (κ1) is 50.1. The van der Waals surface area contributed by atoms with Crippen LogP contribution in [-0.2, 0) is 30.1 Å². The van der Waals surface area contributed by atoms with Gasteiger partial charge >= 0.3 is 24.0 Å². The number of hydrogen-bond donors (Lipinski definition) is 1. The van der Waals surface area contributed by atoms with E-state index in [4.69, 9.17) is 28.7 Å². The van der Waals surface area contributed by atoms with Crippen LogP contribution in [0.4, 0.5) is 10.6 Å². The molecule has 0 bridgehead atoms. The summed E-state index contributed by atoms with van der Waals surface area (Å²) in [5.41, 5.74) is 1.70. The number of carbonyl (C=O) groups excluding carboxylic acids is 6. The van der Waals surface area contributed by atoms with Gasteiger partial charge in [0.25, 0.3) is 11.8 Å². The van der Waals surface area contributed by atoms with E-state index in [2.05, 4.69) is 29.9 Å². The van der Waals surface area contributed by atoms with Crippen molar-refractivity contribution in [3.05, 3.63) is 198 Å². The normalized spacial score (nSPS) is 16.3. The number of carbonyl (C=O) groups is 6. The maximum absolute atomic E-state index is 14.7. The molecule has 0 unspecified atom stereocenters. The van der Waals surface area contributed by atoms with Crippen LogP contribution in [0.2, 0.25) is 25.7 Å². The van der Waals surface area contributed by atoms with E-state index < -0.39 is 75.0 Å². The molecule has 1 saturated heterocycles. The number of imide groups is 1. The molecule has 1 aliphatic heterocycles. The second-order valence-corrected chi connectivity index (χ2v) is 23.7. The minimum absolute atomic E-state index is 0.0635. The Morgan fingerprint density at radius 2 is 1.11 bits per heavy atom. The number of fused-ring (bicyclic) bond motifs is 1. The molecular formula is C55H53N5O11Si. The maximum Gasteiger partial charge on any atom is 0.407 e. The first-order valence-corrected chi connectivity index (χ1v) is 27.2. The van der Waals surface area contributed by atoms with Gasteiger partial charge in [-0.3, -0.25) is 9.59 Å².